The van der Waals surface area contributed by atoms with Gasteiger partial charge in [-0.05, 0) is 113 Å². The van der Waals surface area contributed by atoms with Gasteiger partial charge in [-0.15, -0.1) is 11.3 Å². The molecule has 0 radical (unpaired) electrons. The maximum Gasteiger partial charge on any atom is 0.0420 e. The first-order valence-corrected chi connectivity index (χ1v) is 14.7. The van der Waals surface area contributed by atoms with Gasteiger partial charge in [-0.2, -0.15) is 0 Å². The van der Waals surface area contributed by atoms with Crippen LogP contribution in [-0.4, -0.2) is 0 Å². The Hall–Kier alpha value is -2.61. The van der Waals surface area contributed by atoms with E-state index < -0.39 is 0 Å². The zero-order valence-electron chi connectivity index (χ0n) is 20.1. The molecule has 5 aliphatic rings. The SMILES string of the molecule is Clc1ccc2c(c1)sc1cc(-c3ccc4c(c3)-c3ccccc3C43C4CC5CC(C4)CC3C5)ccc12. The predicted molar refractivity (Wildman–Crippen MR) is 153 cm³/mol. The van der Waals surface area contributed by atoms with E-state index in [-0.39, 0.29) is 5.41 Å². The lowest BCUT2D eigenvalue weighted by Gasteiger charge is -2.61. The normalized spacial score (nSPS) is 29.4. The summed E-state index contributed by atoms with van der Waals surface area (Å²) in [5.74, 6) is 3.61. The van der Waals surface area contributed by atoms with Crippen LogP contribution < -0.4 is 0 Å². The fraction of sp³-hybridized carbons (Fsp3) is 0.294. The van der Waals surface area contributed by atoms with Crippen molar-refractivity contribution in [3.05, 3.63) is 95.0 Å². The number of rotatable bonds is 1. The summed E-state index contributed by atoms with van der Waals surface area (Å²) in [7, 11) is 0. The van der Waals surface area contributed by atoms with Crippen LogP contribution in [0.15, 0.2) is 78.9 Å². The third-order valence-corrected chi connectivity index (χ3v) is 11.7. The minimum atomic E-state index is 0.257. The van der Waals surface area contributed by atoms with Crippen molar-refractivity contribution in [2.24, 2.45) is 23.7 Å². The van der Waals surface area contributed by atoms with Crippen LogP contribution >= 0.6 is 22.9 Å². The average Bonchev–Trinajstić information content (AvgIpc) is 3.39. The number of hydrogen-bond acceptors (Lipinski definition) is 1. The van der Waals surface area contributed by atoms with Crippen molar-refractivity contribution in [2.45, 2.75) is 37.5 Å². The lowest BCUT2D eigenvalue weighted by Crippen LogP contribution is -2.55. The molecule has 4 saturated carbocycles. The number of hydrogen-bond donors (Lipinski definition) is 0. The fourth-order valence-corrected chi connectivity index (χ4v) is 10.7. The summed E-state index contributed by atoms with van der Waals surface area (Å²) in [5, 5.41) is 3.44. The molecular formula is C34H27ClS. The minimum absolute atomic E-state index is 0.257. The highest BCUT2D eigenvalue weighted by Crippen LogP contribution is 2.69. The molecule has 2 heteroatoms. The van der Waals surface area contributed by atoms with Gasteiger partial charge in [0, 0.05) is 30.6 Å². The first-order valence-electron chi connectivity index (χ1n) is 13.5. The smallest absolute Gasteiger partial charge is 0.0420 e. The molecule has 1 aromatic heterocycles. The second kappa shape index (κ2) is 7.03. The molecule has 1 spiro atoms. The molecular weight excluding hydrogens is 476 g/mol. The van der Waals surface area contributed by atoms with Crippen LogP contribution in [0.4, 0.5) is 0 Å². The highest BCUT2D eigenvalue weighted by atomic mass is 35.5. The van der Waals surface area contributed by atoms with Gasteiger partial charge < -0.3 is 0 Å². The summed E-state index contributed by atoms with van der Waals surface area (Å²) in [5.41, 5.74) is 9.18. The van der Waals surface area contributed by atoms with Gasteiger partial charge in [0.1, 0.15) is 0 Å². The Bertz CT molecular complexity index is 1690. The molecule has 0 N–H and O–H groups in total. The number of thiophene rings is 1. The van der Waals surface area contributed by atoms with E-state index in [0.717, 1.165) is 28.7 Å². The topological polar surface area (TPSA) is 0 Å². The summed E-state index contributed by atoms with van der Waals surface area (Å²) in [6.45, 7) is 0. The van der Waals surface area contributed by atoms with Crippen LogP contribution in [0.3, 0.4) is 0 Å². The van der Waals surface area contributed by atoms with Gasteiger partial charge in [-0.1, -0.05) is 66.2 Å². The lowest BCUT2D eigenvalue weighted by molar-refractivity contribution is -0.0399. The summed E-state index contributed by atoms with van der Waals surface area (Å²) < 4.78 is 2.60. The van der Waals surface area contributed by atoms with Crippen molar-refractivity contribution < 1.29 is 0 Å². The molecule has 0 nitrogen and oxygen atoms in total. The van der Waals surface area contributed by atoms with Gasteiger partial charge in [0.2, 0.25) is 0 Å². The van der Waals surface area contributed by atoms with E-state index in [1.807, 2.05) is 17.4 Å². The number of fused-ring (bicyclic) bond motifs is 6. The predicted octanol–water partition coefficient (Wildman–Crippen LogP) is 10.1. The zero-order chi connectivity index (χ0) is 23.6. The highest BCUT2D eigenvalue weighted by Gasteiger charge is 2.61. The van der Waals surface area contributed by atoms with Crippen LogP contribution in [0, 0.1) is 23.7 Å². The monoisotopic (exact) mass is 502 g/mol. The second-order valence-electron chi connectivity index (χ2n) is 11.9. The van der Waals surface area contributed by atoms with Gasteiger partial charge in [-0.3, -0.25) is 0 Å². The minimum Gasteiger partial charge on any atom is -0.135 e. The van der Waals surface area contributed by atoms with Gasteiger partial charge in [0.05, 0.1) is 0 Å². The Morgan fingerprint density at radius 1 is 0.611 bits per heavy atom. The molecule has 4 bridgehead atoms. The Morgan fingerprint density at radius 2 is 1.25 bits per heavy atom. The van der Waals surface area contributed by atoms with Crippen LogP contribution in [0.2, 0.25) is 5.02 Å². The Kier molecular flexibility index (Phi) is 3.99. The van der Waals surface area contributed by atoms with Gasteiger partial charge in [-0.25, -0.2) is 0 Å². The van der Waals surface area contributed by atoms with E-state index in [1.165, 1.54) is 74.5 Å². The summed E-state index contributed by atoms with van der Waals surface area (Å²) in [6.07, 6.45) is 7.26. The van der Waals surface area contributed by atoms with Crippen molar-refractivity contribution in [3.63, 3.8) is 0 Å². The van der Waals surface area contributed by atoms with Crippen molar-refractivity contribution in [2.75, 3.05) is 0 Å². The molecule has 5 aromatic rings. The lowest BCUT2D eigenvalue weighted by atomic mass is 9.43. The van der Waals surface area contributed by atoms with Crippen LogP contribution in [-0.2, 0) is 5.41 Å². The summed E-state index contributed by atoms with van der Waals surface area (Å²) >= 11 is 8.13. The molecule has 0 saturated heterocycles. The van der Waals surface area contributed by atoms with Gasteiger partial charge in [0.15, 0.2) is 0 Å². The van der Waals surface area contributed by atoms with Crippen LogP contribution in [0.25, 0.3) is 42.4 Å². The third-order valence-electron chi connectivity index (χ3n) is 10.3. The van der Waals surface area contributed by atoms with Gasteiger partial charge >= 0.3 is 0 Å². The first-order chi connectivity index (χ1) is 17.7. The van der Waals surface area contributed by atoms with Crippen molar-refractivity contribution in [1.29, 1.82) is 0 Å². The Balaban J connectivity index is 1.22. The quantitative estimate of drug-likeness (QED) is 0.214. The third kappa shape index (κ3) is 2.51. The first kappa shape index (κ1) is 20.4. The molecule has 5 aliphatic carbocycles. The highest BCUT2D eigenvalue weighted by molar-refractivity contribution is 7.25. The maximum atomic E-state index is 6.28. The van der Waals surface area contributed by atoms with E-state index in [2.05, 4.69) is 72.8 Å². The molecule has 176 valence electrons. The van der Waals surface area contributed by atoms with E-state index in [1.54, 1.807) is 11.1 Å². The van der Waals surface area contributed by atoms with Gasteiger partial charge in [0.25, 0.3) is 0 Å². The summed E-state index contributed by atoms with van der Waals surface area (Å²) in [4.78, 5) is 0. The van der Waals surface area contributed by atoms with E-state index in [4.69, 9.17) is 11.6 Å². The maximum absolute atomic E-state index is 6.28. The van der Waals surface area contributed by atoms with Crippen molar-refractivity contribution >= 4 is 43.1 Å². The molecule has 0 amide bonds. The van der Waals surface area contributed by atoms with E-state index >= 15 is 0 Å². The standard InChI is InChI=1S/C34H27ClS/c35-25-7-9-28-27-8-5-22(17-32(27)36-33(28)18-25)21-6-10-31-29(16-21)26-3-1-2-4-30(26)34(31)23-12-19-11-20(14-23)15-24(34)13-19/h1-10,16-20,23-24H,11-15H2. The van der Waals surface area contributed by atoms with E-state index in [0.29, 0.717) is 0 Å². The molecule has 0 atom stereocenters. The molecule has 4 aromatic carbocycles. The van der Waals surface area contributed by atoms with Crippen molar-refractivity contribution in [1.82, 2.24) is 0 Å². The second-order valence-corrected chi connectivity index (χ2v) is 13.5. The van der Waals surface area contributed by atoms with E-state index in [9.17, 15) is 0 Å². The summed E-state index contributed by atoms with van der Waals surface area (Å²) in [6, 6.07) is 30.1. The van der Waals surface area contributed by atoms with Crippen LogP contribution in [0.1, 0.15) is 43.2 Å². The molecule has 10 rings (SSSR count). The number of halogens is 1. The zero-order valence-corrected chi connectivity index (χ0v) is 21.7. The Morgan fingerprint density at radius 3 is 2.06 bits per heavy atom. The molecule has 0 unspecified atom stereocenters. The molecule has 0 aliphatic heterocycles. The average molecular weight is 503 g/mol. The molecule has 1 heterocycles. The largest absolute Gasteiger partial charge is 0.135 e. The number of benzene rings is 4. The van der Waals surface area contributed by atoms with Crippen molar-refractivity contribution in [3.8, 4) is 22.3 Å². The Labute approximate surface area is 220 Å². The van der Waals surface area contributed by atoms with Crippen LogP contribution in [0.5, 0.6) is 0 Å². The molecule has 4 fully saturated rings. The molecule has 36 heavy (non-hydrogen) atoms. The fourth-order valence-electron chi connectivity index (χ4n) is 9.27.